The van der Waals surface area contributed by atoms with Gasteiger partial charge in [-0.3, -0.25) is 14.3 Å². The Hall–Kier alpha value is -3.45. The molecule has 0 saturated heterocycles. The molecule has 0 aromatic carbocycles. The summed E-state index contributed by atoms with van der Waals surface area (Å²) in [5.41, 5.74) is 1.04. The Morgan fingerprint density at radius 1 is 1.25 bits per heavy atom. The number of aromatic nitrogens is 4. The number of nitrogens with one attached hydrogen (secondary N) is 3. The zero-order valence-electron chi connectivity index (χ0n) is 17.3. The number of carbonyl (C=O) groups excluding carboxylic acids is 2. The highest BCUT2D eigenvalue weighted by molar-refractivity contribution is 6.40. The normalized spacial score (nSPS) is 30.5. The lowest BCUT2D eigenvalue weighted by Gasteiger charge is -2.57. The molecule has 0 radical (unpaired) electrons. The van der Waals surface area contributed by atoms with Gasteiger partial charge < -0.3 is 20.7 Å². The highest BCUT2D eigenvalue weighted by Crippen LogP contribution is 2.60. The van der Waals surface area contributed by atoms with Crippen LogP contribution in [0.15, 0.2) is 18.5 Å². The summed E-state index contributed by atoms with van der Waals surface area (Å²) in [5.74, 6) is -0.284. The summed E-state index contributed by atoms with van der Waals surface area (Å²) in [7, 11) is 0. The van der Waals surface area contributed by atoms with Crippen LogP contribution in [-0.4, -0.2) is 48.8 Å². The first-order chi connectivity index (χ1) is 15.5. The summed E-state index contributed by atoms with van der Waals surface area (Å²) in [6.07, 6.45) is 8.07. The van der Waals surface area contributed by atoms with Gasteiger partial charge in [0, 0.05) is 17.8 Å². The first-order valence-electron chi connectivity index (χ1n) is 11.0. The average molecular weight is 433 g/mol. The zero-order chi connectivity index (χ0) is 22.0. The van der Waals surface area contributed by atoms with E-state index in [2.05, 4.69) is 20.6 Å². The molecule has 5 atom stereocenters. The van der Waals surface area contributed by atoms with Crippen molar-refractivity contribution < 1.29 is 14.7 Å². The topological polar surface area (TPSA) is 149 Å². The molecule has 3 aromatic rings. The summed E-state index contributed by atoms with van der Waals surface area (Å²) in [5, 5.41) is 30.8. The minimum atomic E-state index is -0.887. The Bertz CT molecular complexity index is 1290. The van der Waals surface area contributed by atoms with Gasteiger partial charge in [-0.05, 0) is 55.9 Å². The van der Waals surface area contributed by atoms with E-state index in [-0.39, 0.29) is 18.4 Å². The van der Waals surface area contributed by atoms with Crippen molar-refractivity contribution in [3.8, 4) is 6.07 Å². The van der Waals surface area contributed by atoms with Crippen molar-refractivity contribution in [2.45, 2.75) is 43.7 Å². The maximum Gasteiger partial charge on any atom is 0.314 e. The molecule has 1 unspecified atom stereocenters. The van der Waals surface area contributed by atoms with Crippen molar-refractivity contribution in [3.63, 3.8) is 0 Å². The van der Waals surface area contributed by atoms with Crippen LogP contribution in [0.1, 0.15) is 38.1 Å². The van der Waals surface area contributed by atoms with Gasteiger partial charge in [-0.15, -0.1) is 0 Å². The highest BCUT2D eigenvalue weighted by Gasteiger charge is 2.55. The first-order valence-corrected chi connectivity index (χ1v) is 11.0. The molecule has 4 fully saturated rings. The molecule has 4 aliphatic carbocycles. The predicted octanol–water partition coefficient (Wildman–Crippen LogP) is 1.60. The number of pyridine rings is 1. The third-order valence-corrected chi connectivity index (χ3v) is 7.49. The smallest absolute Gasteiger partial charge is 0.314 e. The van der Waals surface area contributed by atoms with E-state index in [4.69, 9.17) is 10.4 Å². The quantitative estimate of drug-likeness (QED) is 0.364. The van der Waals surface area contributed by atoms with Crippen molar-refractivity contribution >= 4 is 39.6 Å². The number of amides is 2. The number of carbonyl (C=O) groups is 2. The van der Waals surface area contributed by atoms with Gasteiger partial charge in [-0.25, -0.2) is 4.98 Å². The number of aliphatic hydroxyl groups is 1. The lowest BCUT2D eigenvalue weighted by molar-refractivity contribution is -0.148. The summed E-state index contributed by atoms with van der Waals surface area (Å²) in [4.78, 5) is 32.0. The lowest BCUT2D eigenvalue weighted by atomic mass is 9.52. The molecule has 32 heavy (non-hydrogen) atoms. The molecule has 4 aliphatic rings. The number of H-pyrrole nitrogens is 1. The molecule has 7 rings (SSSR count). The van der Waals surface area contributed by atoms with Crippen LogP contribution in [0, 0.1) is 29.1 Å². The Kier molecular flexibility index (Phi) is 4.07. The number of aromatic amines is 1. The Labute approximate surface area is 183 Å². The Morgan fingerprint density at radius 3 is 2.75 bits per heavy atom. The largest absolute Gasteiger partial charge is 0.390 e. The Balaban J connectivity index is 1.44. The predicted molar refractivity (Wildman–Crippen MR) is 114 cm³/mol. The average Bonchev–Trinajstić information content (AvgIpc) is 3.35. The molecule has 4 bridgehead atoms. The number of fused-ring (bicyclic) bond motifs is 3. The highest BCUT2D eigenvalue weighted by atomic mass is 16.3. The number of hydrogen-bond acceptors (Lipinski definition) is 6. The standard InChI is InChI=1S/C22H23N7O3/c23-2-4-25-20(30)21(31)27-19-15-10-26-18-14(1-3-24-18)17(15)29(28-19)16-12-5-11-6-13(16)9-22(32,7-11)8-12/h1,3,10-13,16,32H,4-9H2,(H,24,26)(H,25,30)(H,27,28,31)/t11?,12-,13+,16+,22-. The molecule has 0 spiro atoms. The Morgan fingerprint density at radius 2 is 2.03 bits per heavy atom. The van der Waals surface area contributed by atoms with Gasteiger partial charge in [-0.2, -0.15) is 10.4 Å². The number of nitrogens with zero attached hydrogens (tertiary/aromatic N) is 4. The summed E-state index contributed by atoms with van der Waals surface area (Å²) in [6, 6.07) is 3.84. The summed E-state index contributed by atoms with van der Waals surface area (Å²) < 4.78 is 2.01. The molecule has 0 aliphatic heterocycles. The van der Waals surface area contributed by atoms with E-state index in [1.807, 2.05) is 16.9 Å². The van der Waals surface area contributed by atoms with Crippen molar-refractivity contribution in [3.05, 3.63) is 18.5 Å². The summed E-state index contributed by atoms with van der Waals surface area (Å²) >= 11 is 0. The van der Waals surface area contributed by atoms with E-state index in [1.165, 1.54) is 0 Å². The number of nitriles is 1. The van der Waals surface area contributed by atoms with Crippen LogP contribution in [-0.2, 0) is 9.59 Å². The van der Waals surface area contributed by atoms with Crippen LogP contribution in [0.3, 0.4) is 0 Å². The molecule has 164 valence electrons. The number of anilines is 1. The third-order valence-electron chi connectivity index (χ3n) is 7.49. The van der Waals surface area contributed by atoms with E-state index in [9.17, 15) is 14.7 Å². The monoisotopic (exact) mass is 433 g/mol. The van der Waals surface area contributed by atoms with Crippen LogP contribution in [0.4, 0.5) is 5.82 Å². The minimum Gasteiger partial charge on any atom is -0.390 e. The molecule has 4 N–H and O–H groups in total. The second-order valence-electron chi connectivity index (χ2n) is 9.53. The molecule has 3 heterocycles. The van der Waals surface area contributed by atoms with E-state index < -0.39 is 17.4 Å². The summed E-state index contributed by atoms with van der Waals surface area (Å²) in [6.45, 7) is -0.248. The van der Waals surface area contributed by atoms with Crippen LogP contribution in [0.5, 0.6) is 0 Å². The van der Waals surface area contributed by atoms with Gasteiger partial charge in [0.05, 0.1) is 28.6 Å². The van der Waals surface area contributed by atoms with Gasteiger partial charge in [0.15, 0.2) is 5.82 Å². The van der Waals surface area contributed by atoms with Gasteiger partial charge in [0.2, 0.25) is 0 Å². The van der Waals surface area contributed by atoms with Gasteiger partial charge >= 0.3 is 11.8 Å². The molecule has 10 nitrogen and oxygen atoms in total. The van der Waals surface area contributed by atoms with E-state index in [0.717, 1.165) is 48.7 Å². The van der Waals surface area contributed by atoms with Crippen LogP contribution < -0.4 is 10.6 Å². The zero-order valence-corrected chi connectivity index (χ0v) is 17.3. The fraction of sp³-hybridized carbons (Fsp3) is 0.500. The number of hydrogen-bond donors (Lipinski definition) is 4. The SMILES string of the molecule is N#CCNC(=O)C(=O)Nc1nn([C@H]2[C@@H]3CC4C[C@H]2C[C@@](O)(C4)C3)c2c1cnc1[nH]ccc12. The van der Waals surface area contributed by atoms with Crippen molar-refractivity contribution in [2.24, 2.45) is 17.8 Å². The first kappa shape index (κ1) is 19.3. The van der Waals surface area contributed by atoms with Crippen LogP contribution in [0.2, 0.25) is 0 Å². The van der Waals surface area contributed by atoms with Crippen LogP contribution >= 0.6 is 0 Å². The molecule has 10 heteroatoms. The van der Waals surface area contributed by atoms with Crippen LogP contribution in [0.25, 0.3) is 21.9 Å². The van der Waals surface area contributed by atoms with Gasteiger partial charge in [0.25, 0.3) is 0 Å². The second kappa shape index (κ2) is 6.77. The molecule has 4 saturated carbocycles. The third kappa shape index (κ3) is 2.81. The molecular formula is C22H23N7O3. The van der Waals surface area contributed by atoms with Crippen molar-refractivity contribution in [1.29, 1.82) is 5.26 Å². The fourth-order valence-corrected chi connectivity index (χ4v) is 6.65. The molecule has 3 aromatic heterocycles. The maximum atomic E-state index is 12.4. The lowest BCUT2D eigenvalue weighted by Crippen LogP contribution is -2.55. The minimum absolute atomic E-state index is 0.118. The van der Waals surface area contributed by atoms with Crippen molar-refractivity contribution in [1.82, 2.24) is 25.1 Å². The van der Waals surface area contributed by atoms with Crippen molar-refractivity contribution in [2.75, 3.05) is 11.9 Å². The second-order valence-corrected chi connectivity index (χ2v) is 9.53. The van der Waals surface area contributed by atoms with E-state index in [0.29, 0.717) is 23.1 Å². The molecule has 2 amide bonds. The van der Waals surface area contributed by atoms with E-state index >= 15 is 0 Å². The van der Waals surface area contributed by atoms with Gasteiger partial charge in [-0.1, -0.05) is 0 Å². The molecular weight excluding hydrogens is 410 g/mol. The maximum absolute atomic E-state index is 12.4. The van der Waals surface area contributed by atoms with Gasteiger partial charge in [0.1, 0.15) is 12.2 Å². The fourth-order valence-electron chi connectivity index (χ4n) is 6.65. The van der Waals surface area contributed by atoms with E-state index in [1.54, 1.807) is 12.3 Å². The number of rotatable bonds is 3.